The number of nitrogens with two attached hydrogens (primary N) is 1. The van der Waals surface area contributed by atoms with E-state index in [-0.39, 0.29) is 18.0 Å². The molecule has 76 valence electrons. The third-order valence-electron chi connectivity index (χ3n) is 2.56. The Labute approximate surface area is 82.5 Å². The predicted octanol–water partition coefficient (Wildman–Crippen LogP) is -0.127. The fourth-order valence-electron chi connectivity index (χ4n) is 1.88. The van der Waals surface area contributed by atoms with Crippen molar-refractivity contribution in [3.8, 4) is 0 Å². The molecule has 14 heavy (non-hydrogen) atoms. The van der Waals surface area contributed by atoms with Crippen molar-refractivity contribution in [3.63, 3.8) is 0 Å². The van der Waals surface area contributed by atoms with Crippen LogP contribution < -0.4 is 10.6 Å². The number of hydrogen-bond acceptors (Lipinski definition) is 3. The second-order valence-electron chi connectivity index (χ2n) is 3.77. The van der Waals surface area contributed by atoms with Crippen LogP contribution in [0.15, 0.2) is 12.4 Å². The molecule has 1 aromatic heterocycles. The van der Waals surface area contributed by atoms with Crippen molar-refractivity contribution in [1.29, 1.82) is 0 Å². The summed E-state index contributed by atoms with van der Waals surface area (Å²) in [5.41, 5.74) is 6.52. The molecule has 0 aliphatic carbocycles. The first kappa shape index (κ1) is 9.21. The minimum absolute atomic E-state index is 0.00880. The largest absolute Gasteiger partial charge is 0.320 e. The highest BCUT2D eigenvalue weighted by molar-refractivity contribution is 5.99. The van der Waals surface area contributed by atoms with Crippen LogP contribution in [0, 0.1) is 0 Å². The summed E-state index contributed by atoms with van der Waals surface area (Å²) in [5, 5.41) is 4.04. The summed E-state index contributed by atoms with van der Waals surface area (Å²) in [7, 11) is 1.83. The third-order valence-corrected chi connectivity index (χ3v) is 2.56. The first-order valence-corrected chi connectivity index (χ1v) is 4.67. The highest BCUT2D eigenvalue weighted by Crippen LogP contribution is 2.24. The van der Waals surface area contributed by atoms with E-state index >= 15 is 0 Å². The maximum Gasteiger partial charge on any atom is 0.244 e. The van der Waals surface area contributed by atoms with Crippen molar-refractivity contribution in [3.05, 3.63) is 12.4 Å². The quantitative estimate of drug-likeness (QED) is 0.677. The molecule has 1 saturated heterocycles. The predicted molar refractivity (Wildman–Crippen MR) is 52.7 cm³/mol. The Balaban J connectivity index is 2.30. The Kier molecular flexibility index (Phi) is 2.03. The van der Waals surface area contributed by atoms with E-state index < -0.39 is 0 Å². The molecule has 1 aromatic rings. The smallest absolute Gasteiger partial charge is 0.244 e. The Morgan fingerprint density at radius 1 is 1.64 bits per heavy atom. The highest BCUT2D eigenvalue weighted by Gasteiger charge is 2.35. The number of hydrogen-bond donors (Lipinski definition) is 1. The number of carbonyl (C=O) groups is 1. The lowest BCUT2D eigenvalue weighted by Gasteiger charge is -2.18. The van der Waals surface area contributed by atoms with Gasteiger partial charge in [0.05, 0.1) is 17.9 Å². The summed E-state index contributed by atoms with van der Waals surface area (Å²) in [6.45, 7) is 2.00. The van der Waals surface area contributed by atoms with Gasteiger partial charge in [-0.3, -0.25) is 9.48 Å². The zero-order valence-electron chi connectivity index (χ0n) is 8.34. The molecular weight excluding hydrogens is 180 g/mol. The normalized spacial score (nSPS) is 27.4. The summed E-state index contributed by atoms with van der Waals surface area (Å²) in [6.07, 6.45) is 4.23. The average Bonchev–Trinajstić information content (AvgIpc) is 2.60. The number of nitrogens with zero attached hydrogens (tertiary/aromatic N) is 3. The van der Waals surface area contributed by atoms with Crippen molar-refractivity contribution in [2.75, 3.05) is 4.90 Å². The number of anilines is 1. The molecular formula is C9H14N4O. The van der Waals surface area contributed by atoms with Gasteiger partial charge in [0.15, 0.2) is 0 Å². The van der Waals surface area contributed by atoms with Crippen LogP contribution in [0.25, 0.3) is 0 Å². The van der Waals surface area contributed by atoms with Crippen LogP contribution >= 0.6 is 0 Å². The first-order valence-electron chi connectivity index (χ1n) is 4.67. The van der Waals surface area contributed by atoms with Crippen molar-refractivity contribution in [2.45, 2.75) is 25.4 Å². The maximum atomic E-state index is 11.7. The Bertz CT molecular complexity index is 359. The summed E-state index contributed by atoms with van der Waals surface area (Å²) in [5.74, 6) is -0.00880. The lowest BCUT2D eigenvalue weighted by atomic mass is 10.2. The van der Waals surface area contributed by atoms with E-state index in [1.54, 1.807) is 15.8 Å². The molecule has 0 radical (unpaired) electrons. The number of rotatable bonds is 1. The molecule has 2 N–H and O–H groups in total. The maximum absolute atomic E-state index is 11.7. The molecule has 2 heterocycles. The van der Waals surface area contributed by atoms with E-state index in [1.165, 1.54) is 0 Å². The van der Waals surface area contributed by atoms with Crippen LogP contribution in [0.5, 0.6) is 0 Å². The second-order valence-corrected chi connectivity index (χ2v) is 3.77. The van der Waals surface area contributed by atoms with Crippen LogP contribution in [0.4, 0.5) is 5.69 Å². The van der Waals surface area contributed by atoms with E-state index in [0.717, 1.165) is 5.69 Å². The second kappa shape index (κ2) is 3.09. The first-order chi connectivity index (χ1) is 6.59. The molecule has 1 amide bonds. The number of aromatic nitrogens is 2. The Morgan fingerprint density at radius 3 is 2.79 bits per heavy atom. The van der Waals surface area contributed by atoms with Gasteiger partial charge in [-0.15, -0.1) is 0 Å². The van der Waals surface area contributed by atoms with Gasteiger partial charge in [0.2, 0.25) is 5.91 Å². The molecule has 1 fully saturated rings. The van der Waals surface area contributed by atoms with Gasteiger partial charge in [0, 0.05) is 19.3 Å². The molecule has 2 unspecified atom stereocenters. The van der Waals surface area contributed by atoms with Crippen molar-refractivity contribution in [1.82, 2.24) is 9.78 Å². The summed E-state index contributed by atoms with van der Waals surface area (Å²) in [6, 6.07) is -0.188. The molecule has 5 nitrogen and oxygen atoms in total. The van der Waals surface area contributed by atoms with Gasteiger partial charge in [-0.1, -0.05) is 0 Å². The van der Waals surface area contributed by atoms with E-state index in [2.05, 4.69) is 5.10 Å². The van der Waals surface area contributed by atoms with E-state index in [0.29, 0.717) is 6.42 Å². The van der Waals surface area contributed by atoms with Gasteiger partial charge in [-0.05, 0) is 13.3 Å². The Morgan fingerprint density at radius 2 is 2.36 bits per heavy atom. The summed E-state index contributed by atoms with van der Waals surface area (Å²) < 4.78 is 1.68. The topological polar surface area (TPSA) is 64.2 Å². The molecule has 0 spiro atoms. The minimum Gasteiger partial charge on any atom is -0.320 e. The lowest BCUT2D eigenvalue weighted by molar-refractivity contribution is -0.118. The molecule has 2 atom stereocenters. The van der Waals surface area contributed by atoms with Crippen LogP contribution in [0.3, 0.4) is 0 Å². The van der Waals surface area contributed by atoms with Gasteiger partial charge in [-0.2, -0.15) is 5.10 Å². The van der Waals surface area contributed by atoms with Crippen molar-refractivity contribution in [2.24, 2.45) is 12.8 Å². The van der Waals surface area contributed by atoms with Gasteiger partial charge >= 0.3 is 0 Å². The minimum atomic E-state index is -0.356. The molecule has 1 aliphatic rings. The Hall–Kier alpha value is -1.36. The summed E-state index contributed by atoms with van der Waals surface area (Å²) >= 11 is 0. The molecule has 2 rings (SSSR count). The molecule has 5 heteroatoms. The summed E-state index contributed by atoms with van der Waals surface area (Å²) in [4.78, 5) is 13.4. The van der Waals surface area contributed by atoms with E-state index in [1.807, 2.05) is 20.2 Å². The van der Waals surface area contributed by atoms with Crippen LogP contribution in [0.1, 0.15) is 13.3 Å². The number of amides is 1. The fourth-order valence-corrected chi connectivity index (χ4v) is 1.88. The van der Waals surface area contributed by atoms with E-state index in [4.69, 9.17) is 5.73 Å². The average molecular weight is 194 g/mol. The van der Waals surface area contributed by atoms with Crippen molar-refractivity contribution < 1.29 is 4.79 Å². The van der Waals surface area contributed by atoms with Crippen LogP contribution in [-0.2, 0) is 11.8 Å². The molecule has 0 bridgehead atoms. The highest BCUT2D eigenvalue weighted by atomic mass is 16.2. The molecule has 0 saturated carbocycles. The third kappa shape index (κ3) is 1.29. The van der Waals surface area contributed by atoms with E-state index in [9.17, 15) is 4.79 Å². The SMILES string of the molecule is CC1CC(N)C(=O)N1c1cnn(C)c1. The van der Waals surface area contributed by atoms with Crippen molar-refractivity contribution >= 4 is 11.6 Å². The van der Waals surface area contributed by atoms with Crippen LogP contribution in [0.2, 0.25) is 0 Å². The number of carbonyl (C=O) groups excluding carboxylic acids is 1. The van der Waals surface area contributed by atoms with Gasteiger partial charge in [-0.25, -0.2) is 0 Å². The standard InChI is InChI=1S/C9H14N4O/c1-6-3-8(10)9(14)13(6)7-4-11-12(2)5-7/h4-6,8H,3,10H2,1-2H3. The fraction of sp³-hybridized carbons (Fsp3) is 0.556. The van der Waals surface area contributed by atoms with Gasteiger partial charge < -0.3 is 10.6 Å². The monoisotopic (exact) mass is 194 g/mol. The van der Waals surface area contributed by atoms with Gasteiger partial charge in [0.1, 0.15) is 0 Å². The molecule has 0 aromatic carbocycles. The zero-order chi connectivity index (χ0) is 10.3. The van der Waals surface area contributed by atoms with Crippen LogP contribution in [-0.4, -0.2) is 27.8 Å². The number of aryl methyl sites for hydroxylation is 1. The van der Waals surface area contributed by atoms with Gasteiger partial charge in [0.25, 0.3) is 0 Å². The molecule has 1 aliphatic heterocycles. The lowest BCUT2D eigenvalue weighted by Crippen LogP contribution is -2.35. The zero-order valence-corrected chi connectivity index (χ0v) is 8.34.